The number of likely N-dealkylation sites (N-methyl/N-ethyl adjacent to an activating group) is 1. The lowest BCUT2D eigenvalue weighted by molar-refractivity contribution is 0.205. The Kier molecular flexibility index (Phi) is 4.19. The largest absolute Gasteiger partial charge is 0.395 e. The van der Waals surface area contributed by atoms with E-state index in [1.54, 1.807) is 11.3 Å². The van der Waals surface area contributed by atoms with Crippen LogP contribution in [0.3, 0.4) is 0 Å². The molecule has 0 amide bonds. The monoisotopic (exact) mass is 298 g/mol. The van der Waals surface area contributed by atoms with Gasteiger partial charge in [-0.15, -0.1) is 11.3 Å². The van der Waals surface area contributed by atoms with Crippen molar-refractivity contribution in [2.45, 2.75) is 19.9 Å². The van der Waals surface area contributed by atoms with Crippen LogP contribution in [0.2, 0.25) is 0 Å². The van der Waals surface area contributed by atoms with Crippen molar-refractivity contribution in [2.75, 3.05) is 20.2 Å². The van der Waals surface area contributed by atoms with E-state index >= 15 is 0 Å². The normalized spacial score (nSPS) is 13.3. The summed E-state index contributed by atoms with van der Waals surface area (Å²) in [6.07, 6.45) is 0. The summed E-state index contributed by atoms with van der Waals surface area (Å²) >= 11 is 6.81. The van der Waals surface area contributed by atoms with Gasteiger partial charge in [0.1, 0.15) is 6.04 Å². The maximum absolute atomic E-state index is 9.12. The number of aromatic nitrogens is 2. The minimum Gasteiger partial charge on any atom is -0.395 e. The summed E-state index contributed by atoms with van der Waals surface area (Å²) in [4.78, 5) is 7.85. The Morgan fingerprint density at radius 1 is 1.63 bits per heavy atom. The number of thiocarbonyl (C=S) groups is 1. The third-order valence-corrected chi connectivity index (χ3v) is 4.34. The molecule has 19 heavy (non-hydrogen) atoms. The summed E-state index contributed by atoms with van der Waals surface area (Å²) in [5.41, 5.74) is 8.95. The highest BCUT2D eigenvalue weighted by Gasteiger charge is 2.26. The molecule has 2 aromatic heterocycles. The fraction of sp³-hybridized carbons (Fsp3) is 0.500. The predicted octanol–water partition coefficient (Wildman–Crippen LogP) is 1.26. The molecule has 0 aromatic carbocycles. The molecule has 104 valence electrons. The van der Waals surface area contributed by atoms with Crippen LogP contribution in [0.4, 0.5) is 0 Å². The Labute approximate surface area is 121 Å². The minimum atomic E-state index is -0.217. The lowest BCUT2D eigenvalue weighted by Gasteiger charge is -2.26. The number of hydrogen-bond acceptors (Lipinski definition) is 5. The van der Waals surface area contributed by atoms with Gasteiger partial charge in [0.15, 0.2) is 4.96 Å². The molecule has 3 N–H and O–H groups in total. The maximum atomic E-state index is 9.12. The van der Waals surface area contributed by atoms with Crippen LogP contribution in [-0.4, -0.2) is 44.6 Å². The van der Waals surface area contributed by atoms with E-state index in [1.807, 2.05) is 25.8 Å². The maximum Gasteiger partial charge on any atom is 0.194 e. The second-order valence-electron chi connectivity index (χ2n) is 4.59. The Hall–Kier alpha value is -1.02. The number of aryl methyl sites for hydroxylation is 2. The highest BCUT2D eigenvalue weighted by Crippen LogP contribution is 2.28. The van der Waals surface area contributed by atoms with Crippen molar-refractivity contribution in [3.8, 4) is 0 Å². The van der Waals surface area contributed by atoms with Crippen LogP contribution >= 0.6 is 23.6 Å². The molecule has 0 saturated carbocycles. The average molecular weight is 298 g/mol. The van der Waals surface area contributed by atoms with Crippen molar-refractivity contribution >= 4 is 33.5 Å². The van der Waals surface area contributed by atoms with E-state index in [9.17, 15) is 0 Å². The Balaban J connectivity index is 2.58. The highest BCUT2D eigenvalue weighted by atomic mass is 32.1. The van der Waals surface area contributed by atoms with E-state index in [2.05, 4.69) is 14.8 Å². The third-order valence-electron chi connectivity index (χ3n) is 3.18. The van der Waals surface area contributed by atoms with Crippen LogP contribution in [0.15, 0.2) is 5.38 Å². The first-order valence-electron chi connectivity index (χ1n) is 6.00. The van der Waals surface area contributed by atoms with Crippen LogP contribution in [0.25, 0.3) is 4.96 Å². The lowest BCUT2D eigenvalue weighted by Crippen LogP contribution is -2.37. The van der Waals surface area contributed by atoms with Crippen LogP contribution in [0.1, 0.15) is 23.1 Å². The van der Waals surface area contributed by atoms with Crippen molar-refractivity contribution in [1.29, 1.82) is 0 Å². The average Bonchev–Trinajstić information content (AvgIpc) is 2.81. The number of nitrogens with zero attached hydrogens (tertiary/aromatic N) is 3. The van der Waals surface area contributed by atoms with Crippen molar-refractivity contribution < 1.29 is 5.11 Å². The van der Waals surface area contributed by atoms with Gasteiger partial charge in [0, 0.05) is 17.6 Å². The number of imidazole rings is 1. The molecular formula is C12H18N4OS2. The zero-order chi connectivity index (χ0) is 14.2. The van der Waals surface area contributed by atoms with Gasteiger partial charge in [-0.05, 0) is 20.9 Å². The summed E-state index contributed by atoms with van der Waals surface area (Å²) < 4.78 is 2.09. The smallest absolute Gasteiger partial charge is 0.194 e. The van der Waals surface area contributed by atoms with Crippen molar-refractivity contribution in [3.05, 3.63) is 22.5 Å². The quantitative estimate of drug-likeness (QED) is 0.814. The molecular weight excluding hydrogens is 280 g/mol. The second-order valence-corrected chi connectivity index (χ2v) is 5.89. The van der Waals surface area contributed by atoms with Crippen molar-refractivity contribution in [2.24, 2.45) is 5.73 Å². The number of aliphatic hydroxyl groups is 1. The molecule has 0 aliphatic rings. The van der Waals surface area contributed by atoms with Crippen molar-refractivity contribution in [3.63, 3.8) is 0 Å². The first-order valence-corrected chi connectivity index (χ1v) is 7.29. The number of nitrogens with two attached hydrogens (primary N) is 1. The zero-order valence-corrected chi connectivity index (χ0v) is 12.9. The first kappa shape index (κ1) is 14.4. The standard InChI is InChI=1S/C12H18N4OS2/c1-7-6-19-12-14-8(2)9(16(7)12)10(11(13)18)15(3)4-5-17/h6,10,17H,4-5H2,1-3H3,(H2,13,18). The molecule has 0 bridgehead atoms. The van der Waals surface area contributed by atoms with Gasteiger partial charge in [-0.3, -0.25) is 9.30 Å². The molecule has 2 rings (SSSR count). The summed E-state index contributed by atoms with van der Waals surface area (Å²) in [7, 11) is 1.90. The topological polar surface area (TPSA) is 66.8 Å². The first-order chi connectivity index (χ1) is 8.97. The molecule has 1 unspecified atom stereocenters. The fourth-order valence-corrected chi connectivity index (χ4v) is 3.50. The molecule has 7 heteroatoms. The summed E-state index contributed by atoms with van der Waals surface area (Å²) in [5, 5.41) is 11.2. The molecule has 5 nitrogen and oxygen atoms in total. The second kappa shape index (κ2) is 5.54. The summed E-state index contributed by atoms with van der Waals surface area (Å²) in [6, 6.07) is -0.217. The van der Waals surface area contributed by atoms with Gasteiger partial charge in [-0.25, -0.2) is 4.98 Å². The van der Waals surface area contributed by atoms with Gasteiger partial charge in [0.2, 0.25) is 0 Å². The van der Waals surface area contributed by atoms with Crippen LogP contribution in [0.5, 0.6) is 0 Å². The van der Waals surface area contributed by atoms with Gasteiger partial charge < -0.3 is 10.8 Å². The molecule has 0 saturated heterocycles. The van der Waals surface area contributed by atoms with Crippen LogP contribution < -0.4 is 5.73 Å². The predicted molar refractivity (Wildman–Crippen MR) is 81.8 cm³/mol. The number of fused-ring (bicyclic) bond motifs is 1. The molecule has 1 atom stereocenters. The van der Waals surface area contributed by atoms with Crippen molar-refractivity contribution in [1.82, 2.24) is 14.3 Å². The molecule has 0 spiro atoms. The van der Waals surface area contributed by atoms with Gasteiger partial charge >= 0.3 is 0 Å². The number of hydrogen-bond donors (Lipinski definition) is 2. The number of thiazole rings is 1. The van der Waals surface area contributed by atoms with Gasteiger partial charge in [0.05, 0.1) is 23.0 Å². The van der Waals surface area contributed by atoms with E-state index in [1.165, 1.54) is 0 Å². The molecule has 0 fully saturated rings. The van der Waals surface area contributed by atoms with Gasteiger partial charge in [0.25, 0.3) is 0 Å². The molecule has 0 aliphatic heterocycles. The SMILES string of the molecule is Cc1nc2scc(C)n2c1C(C(N)=S)N(C)CCO. The molecule has 0 aliphatic carbocycles. The molecule has 2 aromatic rings. The van der Waals surface area contributed by atoms with Gasteiger partial charge in [-0.1, -0.05) is 12.2 Å². The van der Waals surface area contributed by atoms with Crippen LogP contribution in [0, 0.1) is 13.8 Å². The minimum absolute atomic E-state index is 0.0687. The lowest BCUT2D eigenvalue weighted by atomic mass is 10.1. The number of rotatable bonds is 5. The molecule has 0 radical (unpaired) electrons. The third kappa shape index (κ3) is 2.51. The van der Waals surface area contributed by atoms with E-state index in [-0.39, 0.29) is 12.6 Å². The van der Waals surface area contributed by atoms with E-state index < -0.39 is 0 Å². The highest BCUT2D eigenvalue weighted by molar-refractivity contribution is 7.80. The van der Waals surface area contributed by atoms with E-state index in [0.29, 0.717) is 11.5 Å². The van der Waals surface area contributed by atoms with Gasteiger partial charge in [-0.2, -0.15) is 0 Å². The van der Waals surface area contributed by atoms with E-state index in [4.69, 9.17) is 23.1 Å². The Bertz CT molecular complexity index is 604. The Morgan fingerprint density at radius 2 is 2.32 bits per heavy atom. The molecule has 2 heterocycles. The Morgan fingerprint density at radius 3 is 2.89 bits per heavy atom. The zero-order valence-electron chi connectivity index (χ0n) is 11.3. The summed E-state index contributed by atoms with van der Waals surface area (Å²) in [6.45, 7) is 4.58. The summed E-state index contributed by atoms with van der Waals surface area (Å²) in [5.74, 6) is 0. The number of aliphatic hydroxyl groups excluding tert-OH is 1. The van der Waals surface area contributed by atoms with Crippen LogP contribution in [-0.2, 0) is 0 Å². The van der Waals surface area contributed by atoms with E-state index in [0.717, 1.165) is 22.0 Å². The fourth-order valence-electron chi connectivity index (χ4n) is 2.29.